The molecule has 22 heavy (non-hydrogen) atoms. The summed E-state index contributed by atoms with van der Waals surface area (Å²) in [4.78, 5) is 11.1. The average molecular weight is 302 g/mol. The zero-order chi connectivity index (χ0) is 15.8. The number of benzene rings is 1. The average Bonchev–Trinajstić information content (AvgIpc) is 2.57. The number of aromatic nitrogens is 2. The molecule has 0 saturated heterocycles. The van der Waals surface area contributed by atoms with Gasteiger partial charge in [0.25, 0.3) is 0 Å². The van der Waals surface area contributed by atoms with Crippen LogP contribution < -0.4 is 10.1 Å². The summed E-state index contributed by atoms with van der Waals surface area (Å²) in [5.41, 5.74) is 0.932. The first-order valence-corrected chi connectivity index (χ1v) is 8.03. The van der Waals surface area contributed by atoms with Crippen LogP contribution in [0.4, 0.5) is 5.82 Å². The molecule has 0 aliphatic heterocycles. The SMILES string of the molecule is CCN(CC)CCCCNc1ncnc2ccc(OC)cc12. The Balaban J connectivity index is 1.91. The number of hydrogen-bond acceptors (Lipinski definition) is 5. The van der Waals surface area contributed by atoms with Crippen molar-refractivity contribution in [2.45, 2.75) is 26.7 Å². The third-order valence-electron chi connectivity index (χ3n) is 3.93. The third kappa shape index (κ3) is 4.31. The van der Waals surface area contributed by atoms with Crippen LogP contribution >= 0.6 is 0 Å². The van der Waals surface area contributed by atoms with Gasteiger partial charge >= 0.3 is 0 Å². The summed E-state index contributed by atoms with van der Waals surface area (Å²) < 4.78 is 5.28. The van der Waals surface area contributed by atoms with Crippen molar-refractivity contribution >= 4 is 16.7 Å². The van der Waals surface area contributed by atoms with Gasteiger partial charge in [0.05, 0.1) is 12.6 Å². The Morgan fingerprint density at radius 3 is 2.68 bits per heavy atom. The molecule has 1 aromatic carbocycles. The van der Waals surface area contributed by atoms with Crippen molar-refractivity contribution in [2.75, 3.05) is 38.6 Å². The molecular formula is C17H26N4O. The van der Waals surface area contributed by atoms with Gasteiger partial charge in [-0.15, -0.1) is 0 Å². The number of ether oxygens (including phenoxy) is 1. The van der Waals surface area contributed by atoms with Crippen molar-refractivity contribution in [3.63, 3.8) is 0 Å². The first-order chi connectivity index (χ1) is 10.8. The molecule has 0 spiro atoms. The minimum absolute atomic E-state index is 0.826. The van der Waals surface area contributed by atoms with Gasteiger partial charge in [-0.3, -0.25) is 0 Å². The maximum atomic E-state index is 5.28. The number of anilines is 1. The van der Waals surface area contributed by atoms with Crippen molar-refractivity contribution in [2.24, 2.45) is 0 Å². The van der Waals surface area contributed by atoms with E-state index in [9.17, 15) is 0 Å². The van der Waals surface area contributed by atoms with Crippen LogP contribution in [0.15, 0.2) is 24.5 Å². The van der Waals surface area contributed by atoms with Gasteiger partial charge in [-0.1, -0.05) is 13.8 Å². The van der Waals surface area contributed by atoms with E-state index in [0.717, 1.165) is 55.1 Å². The summed E-state index contributed by atoms with van der Waals surface area (Å²) in [5.74, 6) is 1.71. The first kappa shape index (κ1) is 16.5. The molecule has 5 heteroatoms. The highest BCUT2D eigenvalue weighted by molar-refractivity contribution is 5.89. The molecule has 0 amide bonds. The highest BCUT2D eigenvalue weighted by Crippen LogP contribution is 2.24. The van der Waals surface area contributed by atoms with Crippen LogP contribution in [0, 0.1) is 0 Å². The van der Waals surface area contributed by atoms with Gasteiger partial charge in [0, 0.05) is 11.9 Å². The second kappa shape index (κ2) is 8.54. The first-order valence-electron chi connectivity index (χ1n) is 8.03. The Bertz CT molecular complexity index is 584. The summed E-state index contributed by atoms with van der Waals surface area (Å²) in [6.45, 7) is 8.75. The lowest BCUT2D eigenvalue weighted by molar-refractivity contribution is 0.298. The molecule has 5 nitrogen and oxygen atoms in total. The highest BCUT2D eigenvalue weighted by atomic mass is 16.5. The lowest BCUT2D eigenvalue weighted by atomic mass is 10.2. The molecule has 0 unspecified atom stereocenters. The Hall–Kier alpha value is -1.88. The number of hydrogen-bond donors (Lipinski definition) is 1. The van der Waals surface area contributed by atoms with E-state index in [-0.39, 0.29) is 0 Å². The summed E-state index contributed by atoms with van der Waals surface area (Å²) in [6, 6.07) is 5.86. The number of nitrogens with one attached hydrogen (secondary N) is 1. The molecule has 120 valence electrons. The molecule has 0 atom stereocenters. The summed E-state index contributed by atoms with van der Waals surface area (Å²) >= 11 is 0. The fraction of sp³-hybridized carbons (Fsp3) is 0.529. The smallest absolute Gasteiger partial charge is 0.137 e. The van der Waals surface area contributed by atoms with E-state index in [1.807, 2.05) is 18.2 Å². The molecule has 0 fully saturated rings. The lowest BCUT2D eigenvalue weighted by Gasteiger charge is -2.17. The number of nitrogens with zero attached hydrogens (tertiary/aromatic N) is 3. The minimum Gasteiger partial charge on any atom is -0.497 e. The van der Waals surface area contributed by atoms with Gasteiger partial charge in [0.15, 0.2) is 0 Å². The van der Waals surface area contributed by atoms with E-state index in [2.05, 4.69) is 34.0 Å². The predicted octanol–water partition coefficient (Wildman–Crippen LogP) is 3.17. The van der Waals surface area contributed by atoms with Gasteiger partial charge in [0.1, 0.15) is 17.9 Å². The van der Waals surface area contributed by atoms with E-state index in [1.165, 1.54) is 6.42 Å². The normalized spacial score (nSPS) is 11.1. The lowest BCUT2D eigenvalue weighted by Crippen LogP contribution is -2.24. The minimum atomic E-state index is 0.826. The summed E-state index contributed by atoms with van der Waals surface area (Å²) in [7, 11) is 1.67. The molecule has 1 N–H and O–H groups in total. The molecular weight excluding hydrogens is 276 g/mol. The molecule has 0 bridgehead atoms. The molecule has 1 heterocycles. The number of unbranched alkanes of at least 4 members (excludes halogenated alkanes) is 1. The topological polar surface area (TPSA) is 50.3 Å². The van der Waals surface area contributed by atoms with Crippen LogP contribution in [0.1, 0.15) is 26.7 Å². The zero-order valence-corrected chi connectivity index (χ0v) is 13.8. The Kier molecular flexibility index (Phi) is 6.40. The molecule has 0 aliphatic carbocycles. The van der Waals surface area contributed by atoms with E-state index >= 15 is 0 Å². The monoisotopic (exact) mass is 302 g/mol. The molecule has 0 saturated carbocycles. The zero-order valence-electron chi connectivity index (χ0n) is 13.8. The number of rotatable bonds is 9. The Morgan fingerprint density at radius 2 is 1.95 bits per heavy atom. The summed E-state index contributed by atoms with van der Waals surface area (Å²) in [5, 5.41) is 4.43. The maximum Gasteiger partial charge on any atom is 0.137 e. The van der Waals surface area contributed by atoms with Crippen LogP contribution in [-0.4, -0.2) is 48.2 Å². The van der Waals surface area contributed by atoms with Gasteiger partial charge in [0.2, 0.25) is 0 Å². The maximum absolute atomic E-state index is 5.28. The largest absolute Gasteiger partial charge is 0.497 e. The van der Waals surface area contributed by atoms with E-state index < -0.39 is 0 Å². The van der Waals surface area contributed by atoms with Crippen LogP contribution in [0.25, 0.3) is 10.9 Å². The molecule has 0 radical (unpaired) electrons. The van der Waals surface area contributed by atoms with Crippen molar-refractivity contribution in [1.29, 1.82) is 0 Å². The highest BCUT2D eigenvalue weighted by Gasteiger charge is 2.05. The van der Waals surface area contributed by atoms with Crippen LogP contribution in [0.2, 0.25) is 0 Å². The number of fused-ring (bicyclic) bond motifs is 1. The van der Waals surface area contributed by atoms with E-state index in [0.29, 0.717) is 0 Å². The molecule has 1 aromatic heterocycles. The Morgan fingerprint density at radius 1 is 1.14 bits per heavy atom. The quantitative estimate of drug-likeness (QED) is 0.721. The van der Waals surface area contributed by atoms with Gasteiger partial charge < -0.3 is 15.0 Å². The standard InChI is InChI=1S/C17H26N4O/c1-4-21(5-2)11-7-6-10-18-17-15-12-14(22-3)8-9-16(15)19-13-20-17/h8-9,12-13H,4-7,10-11H2,1-3H3,(H,18,19,20). The van der Waals surface area contributed by atoms with Crippen molar-refractivity contribution < 1.29 is 4.74 Å². The number of methoxy groups -OCH3 is 1. The summed E-state index contributed by atoms with van der Waals surface area (Å²) in [6.07, 6.45) is 3.93. The van der Waals surface area contributed by atoms with Crippen molar-refractivity contribution in [3.8, 4) is 5.75 Å². The molecule has 2 rings (SSSR count). The van der Waals surface area contributed by atoms with Crippen LogP contribution in [0.3, 0.4) is 0 Å². The van der Waals surface area contributed by atoms with Crippen LogP contribution in [-0.2, 0) is 0 Å². The fourth-order valence-electron chi connectivity index (χ4n) is 2.51. The van der Waals surface area contributed by atoms with Crippen molar-refractivity contribution in [1.82, 2.24) is 14.9 Å². The van der Waals surface area contributed by atoms with Crippen molar-refractivity contribution in [3.05, 3.63) is 24.5 Å². The Labute approximate surface area is 132 Å². The van der Waals surface area contributed by atoms with Crippen LogP contribution in [0.5, 0.6) is 5.75 Å². The second-order valence-corrected chi connectivity index (χ2v) is 5.27. The second-order valence-electron chi connectivity index (χ2n) is 5.27. The van der Waals surface area contributed by atoms with Gasteiger partial charge in [-0.05, 0) is 50.7 Å². The van der Waals surface area contributed by atoms with Gasteiger partial charge in [-0.25, -0.2) is 9.97 Å². The third-order valence-corrected chi connectivity index (χ3v) is 3.93. The molecule has 2 aromatic rings. The molecule has 0 aliphatic rings. The van der Waals surface area contributed by atoms with E-state index in [4.69, 9.17) is 4.74 Å². The van der Waals surface area contributed by atoms with Gasteiger partial charge in [-0.2, -0.15) is 0 Å². The predicted molar refractivity (Wildman–Crippen MR) is 91.6 cm³/mol. The van der Waals surface area contributed by atoms with E-state index in [1.54, 1.807) is 13.4 Å². The fourth-order valence-corrected chi connectivity index (χ4v) is 2.51.